The van der Waals surface area contributed by atoms with Gasteiger partial charge in [0.1, 0.15) is 10.7 Å². The van der Waals surface area contributed by atoms with E-state index in [9.17, 15) is 4.79 Å². The van der Waals surface area contributed by atoms with E-state index in [4.69, 9.17) is 5.73 Å². The molecule has 0 aliphatic rings. The Morgan fingerprint density at radius 2 is 1.95 bits per heavy atom. The van der Waals surface area contributed by atoms with Crippen molar-refractivity contribution in [2.75, 3.05) is 23.7 Å². The average Bonchev–Trinajstić information content (AvgIpc) is 2.71. The molecule has 0 aromatic carbocycles. The van der Waals surface area contributed by atoms with Crippen LogP contribution in [0.2, 0.25) is 0 Å². The third-order valence-electron chi connectivity index (χ3n) is 3.53. The van der Waals surface area contributed by atoms with Crippen LogP contribution in [0.3, 0.4) is 0 Å². The molecule has 1 unspecified atom stereocenters. The highest BCUT2D eigenvalue weighted by atomic mass is 32.1. The van der Waals surface area contributed by atoms with Crippen molar-refractivity contribution in [3.05, 3.63) is 4.88 Å². The quantitative estimate of drug-likeness (QED) is 0.877. The molecule has 1 atom stereocenters. The van der Waals surface area contributed by atoms with Gasteiger partial charge in [-0.3, -0.25) is 4.79 Å². The van der Waals surface area contributed by atoms with Gasteiger partial charge in [0.25, 0.3) is 5.91 Å². The van der Waals surface area contributed by atoms with Crippen LogP contribution in [-0.2, 0) is 0 Å². The average molecular weight is 298 g/mol. The predicted molar refractivity (Wildman–Crippen MR) is 86.5 cm³/mol. The van der Waals surface area contributed by atoms with Crippen LogP contribution in [0.4, 0.5) is 10.9 Å². The fraction of sp³-hybridized carbons (Fsp3) is 0.714. The minimum Gasteiger partial charge on any atom is -0.382 e. The van der Waals surface area contributed by atoms with Crippen molar-refractivity contribution in [2.24, 2.45) is 5.41 Å². The van der Waals surface area contributed by atoms with Gasteiger partial charge in [0.2, 0.25) is 0 Å². The van der Waals surface area contributed by atoms with Crippen LogP contribution < -0.4 is 16.0 Å². The first-order valence-corrected chi connectivity index (χ1v) is 7.84. The Balaban J connectivity index is 2.89. The summed E-state index contributed by atoms with van der Waals surface area (Å²) in [6.07, 6.45) is 0. The van der Waals surface area contributed by atoms with Crippen LogP contribution in [0.15, 0.2) is 0 Å². The molecule has 1 aromatic heterocycles. The van der Waals surface area contributed by atoms with Crippen LogP contribution in [0.1, 0.15) is 51.2 Å². The Morgan fingerprint density at radius 1 is 1.40 bits per heavy atom. The van der Waals surface area contributed by atoms with E-state index in [-0.39, 0.29) is 17.4 Å². The van der Waals surface area contributed by atoms with E-state index in [0.29, 0.717) is 10.7 Å². The summed E-state index contributed by atoms with van der Waals surface area (Å²) in [5, 5.41) is 3.80. The largest absolute Gasteiger partial charge is 0.382 e. The van der Waals surface area contributed by atoms with Gasteiger partial charge in [-0.2, -0.15) is 0 Å². The second kappa shape index (κ2) is 6.43. The van der Waals surface area contributed by atoms with E-state index < -0.39 is 0 Å². The molecule has 0 saturated carbocycles. The molecular formula is C14H26N4OS. The Kier molecular flexibility index (Phi) is 5.39. The first-order chi connectivity index (χ1) is 9.20. The maximum absolute atomic E-state index is 12.3. The molecule has 0 bridgehead atoms. The van der Waals surface area contributed by atoms with Crippen LogP contribution in [0.25, 0.3) is 0 Å². The Labute approximate surface area is 125 Å². The van der Waals surface area contributed by atoms with Crippen molar-refractivity contribution in [3.8, 4) is 0 Å². The number of nitrogens with two attached hydrogens (primary N) is 1. The Morgan fingerprint density at radius 3 is 2.40 bits per heavy atom. The lowest BCUT2D eigenvalue weighted by atomic mass is 9.88. The second-order valence-corrected chi connectivity index (χ2v) is 6.92. The first-order valence-electron chi connectivity index (χ1n) is 7.02. The number of amides is 1. The molecule has 0 fully saturated rings. The molecular weight excluding hydrogens is 272 g/mol. The third-order valence-corrected chi connectivity index (χ3v) is 4.66. The highest BCUT2D eigenvalue weighted by molar-refractivity contribution is 7.18. The molecule has 1 rings (SSSR count). The maximum atomic E-state index is 12.3. The van der Waals surface area contributed by atoms with Gasteiger partial charge in [0.05, 0.1) is 0 Å². The van der Waals surface area contributed by atoms with Crippen molar-refractivity contribution in [3.63, 3.8) is 0 Å². The zero-order valence-corrected chi connectivity index (χ0v) is 14.1. The fourth-order valence-electron chi connectivity index (χ4n) is 1.59. The molecule has 0 spiro atoms. The summed E-state index contributed by atoms with van der Waals surface area (Å²) in [7, 11) is 0. The van der Waals surface area contributed by atoms with Crippen molar-refractivity contribution in [1.82, 2.24) is 10.3 Å². The van der Waals surface area contributed by atoms with Crippen molar-refractivity contribution < 1.29 is 4.79 Å². The molecule has 1 aromatic rings. The first kappa shape index (κ1) is 16.8. The molecule has 6 heteroatoms. The minimum atomic E-state index is -0.138. The molecule has 1 amide bonds. The lowest BCUT2D eigenvalue weighted by molar-refractivity contribution is 0.0915. The molecule has 0 aliphatic carbocycles. The number of hydrogen-bond donors (Lipinski definition) is 2. The summed E-state index contributed by atoms with van der Waals surface area (Å²) in [4.78, 5) is 19.2. The summed E-state index contributed by atoms with van der Waals surface area (Å²) in [6, 6.07) is 0.0633. The summed E-state index contributed by atoms with van der Waals surface area (Å²) in [6.45, 7) is 14.1. The summed E-state index contributed by atoms with van der Waals surface area (Å²) < 4.78 is 0. The van der Waals surface area contributed by atoms with Gasteiger partial charge in [-0.15, -0.1) is 0 Å². The van der Waals surface area contributed by atoms with E-state index in [1.54, 1.807) is 0 Å². The number of rotatable bonds is 5. The lowest BCUT2D eigenvalue weighted by Crippen LogP contribution is -2.41. The number of carbonyl (C=O) groups is 1. The molecule has 0 radical (unpaired) electrons. The number of thiazole rings is 1. The molecule has 114 valence electrons. The van der Waals surface area contributed by atoms with E-state index >= 15 is 0 Å². The summed E-state index contributed by atoms with van der Waals surface area (Å²) in [5.74, 6) is 0.177. The second-order valence-electron chi connectivity index (χ2n) is 5.94. The van der Waals surface area contributed by atoms with Crippen molar-refractivity contribution in [2.45, 2.75) is 47.6 Å². The normalized spacial score (nSPS) is 13.1. The molecule has 0 saturated heterocycles. The molecule has 20 heavy (non-hydrogen) atoms. The number of aromatic nitrogens is 1. The number of nitrogen functional groups attached to an aromatic ring is 1. The van der Waals surface area contributed by atoms with Gasteiger partial charge in [-0.05, 0) is 26.2 Å². The van der Waals surface area contributed by atoms with E-state index in [1.807, 2.05) is 6.92 Å². The monoisotopic (exact) mass is 298 g/mol. The maximum Gasteiger partial charge on any atom is 0.265 e. The molecule has 0 aliphatic heterocycles. The summed E-state index contributed by atoms with van der Waals surface area (Å²) >= 11 is 1.36. The smallest absolute Gasteiger partial charge is 0.265 e. The number of nitrogens with zero attached hydrogens (tertiary/aromatic N) is 2. The SMILES string of the molecule is CCN(CC)c1nc(N)c(C(=O)NC(C)C(C)(C)C)s1. The van der Waals surface area contributed by atoms with Gasteiger partial charge in [0.15, 0.2) is 5.13 Å². The number of hydrogen-bond acceptors (Lipinski definition) is 5. The Bertz CT molecular complexity index is 460. The number of nitrogens with one attached hydrogen (secondary N) is 1. The topological polar surface area (TPSA) is 71.2 Å². The zero-order chi connectivity index (χ0) is 15.5. The molecule has 1 heterocycles. The number of anilines is 2. The summed E-state index contributed by atoms with van der Waals surface area (Å²) in [5.41, 5.74) is 5.90. The molecule has 3 N–H and O–H groups in total. The van der Waals surface area contributed by atoms with Crippen LogP contribution >= 0.6 is 11.3 Å². The van der Waals surface area contributed by atoms with Gasteiger partial charge in [-0.1, -0.05) is 32.1 Å². The van der Waals surface area contributed by atoms with Crippen LogP contribution in [0, 0.1) is 5.41 Å². The standard InChI is InChI=1S/C14H26N4OS/c1-7-18(8-2)13-17-11(15)10(20-13)12(19)16-9(3)14(4,5)6/h9H,7-8,15H2,1-6H3,(H,16,19). The third kappa shape index (κ3) is 3.85. The van der Waals surface area contributed by atoms with Gasteiger partial charge >= 0.3 is 0 Å². The van der Waals surface area contributed by atoms with Gasteiger partial charge in [-0.25, -0.2) is 4.98 Å². The van der Waals surface area contributed by atoms with E-state index in [2.05, 4.69) is 49.8 Å². The fourth-order valence-corrected chi connectivity index (χ4v) is 2.61. The highest BCUT2D eigenvalue weighted by Crippen LogP contribution is 2.28. The van der Waals surface area contributed by atoms with Crippen LogP contribution in [0.5, 0.6) is 0 Å². The van der Waals surface area contributed by atoms with Gasteiger partial charge < -0.3 is 16.0 Å². The minimum absolute atomic E-state index is 0.0107. The highest BCUT2D eigenvalue weighted by Gasteiger charge is 2.25. The Hall–Kier alpha value is -1.30. The zero-order valence-electron chi connectivity index (χ0n) is 13.3. The van der Waals surface area contributed by atoms with E-state index in [1.165, 1.54) is 11.3 Å². The van der Waals surface area contributed by atoms with Crippen LogP contribution in [-0.4, -0.2) is 30.0 Å². The predicted octanol–water partition coefficient (Wildman–Crippen LogP) is 2.74. The molecule has 5 nitrogen and oxygen atoms in total. The number of carbonyl (C=O) groups excluding carboxylic acids is 1. The van der Waals surface area contributed by atoms with Crippen molar-refractivity contribution in [1.29, 1.82) is 0 Å². The lowest BCUT2D eigenvalue weighted by Gasteiger charge is -2.27. The van der Waals surface area contributed by atoms with Gasteiger partial charge in [0, 0.05) is 19.1 Å². The van der Waals surface area contributed by atoms with E-state index in [0.717, 1.165) is 18.2 Å². The van der Waals surface area contributed by atoms with Crippen molar-refractivity contribution >= 4 is 28.2 Å².